The Kier molecular flexibility index (Phi) is 9.40. The summed E-state index contributed by atoms with van der Waals surface area (Å²) >= 11 is 6.38. The Balaban J connectivity index is 1.31. The maximum Gasteiger partial charge on any atom is 0.430 e. The van der Waals surface area contributed by atoms with Crippen molar-refractivity contribution in [3.05, 3.63) is 58.6 Å². The van der Waals surface area contributed by atoms with Gasteiger partial charge in [0, 0.05) is 71.2 Å². The molecule has 0 spiro atoms. The number of carbonyl (C=O) groups excluding carboxylic acids is 2. The number of nitrogens with zero attached hydrogens (tertiary/aromatic N) is 4. The van der Waals surface area contributed by atoms with E-state index >= 15 is 0 Å². The summed E-state index contributed by atoms with van der Waals surface area (Å²) in [7, 11) is 4.66. The number of halogens is 4. The first-order chi connectivity index (χ1) is 19.3. The molecule has 12 heteroatoms. The van der Waals surface area contributed by atoms with Crippen LogP contribution < -0.4 is 9.64 Å². The van der Waals surface area contributed by atoms with E-state index in [2.05, 4.69) is 9.80 Å². The lowest BCUT2D eigenvalue weighted by Gasteiger charge is -2.41. The number of hydrogen-bond acceptors (Lipinski definition) is 6. The Morgan fingerprint density at radius 3 is 2.24 bits per heavy atom. The molecule has 0 unspecified atom stereocenters. The van der Waals surface area contributed by atoms with Crippen LogP contribution in [-0.4, -0.2) is 105 Å². The molecule has 2 heterocycles. The number of likely N-dealkylation sites (tertiary alicyclic amines) is 1. The summed E-state index contributed by atoms with van der Waals surface area (Å²) in [4.78, 5) is 32.5. The third-order valence-corrected chi connectivity index (χ3v) is 8.26. The largest absolute Gasteiger partial charge is 0.497 e. The summed E-state index contributed by atoms with van der Waals surface area (Å²) < 4.78 is 47.3. The van der Waals surface area contributed by atoms with E-state index < -0.39 is 23.2 Å². The van der Waals surface area contributed by atoms with Crippen molar-refractivity contribution in [2.45, 2.75) is 24.6 Å². The number of amides is 2. The number of benzene rings is 2. The van der Waals surface area contributed by atoms with Crippen LogP contribution in [-0.2, 0) is 10.4 Å². The number of ether oxygens (including phenoxy) is 1. The van der Waals surface area contributed by atoms with E-state index in [1.54, 1.807) is 20.2 Å². The van der Waals surface area contributed by atoms with Gasteiger partial charge in [-0.3, -0.25) is 14.5 Å². The standard InChI is InChI=1S/C29H36ClF3N4O4/c1-34(2)26(38)24-8-7-22(18-25(24)30)36-15-13-35(14-16-36)19-20-9-11-37(12-10-20)27(39)28(40,29(31,32)33)21-5-4-6-23(17-21)41-3/h4-8,17-18,20,40H,9-16,19H2,1-3H3/t28-/m1/s1. The molecule has 2 aliphatic heterocycles. The number of rotatable bonds is 7. The Morgan fingerprint density at radius 2 is 1.68 bits per heavy atom. The van der Waals surface area contributed by atoms with Gasteiger partial charge in [-0.15, -0.1) is 0 Å². The SMILES string of the molecule is COc1cccc([C@@](O)(C(=O)N2CCC(CN3CCN(c4ccc(C(=O)N(C)C)c(Cl)c4)CC3)CC2)C(F)(F)F)c1. The van der Waals surface area contributed by atoms with Crippen LogP contribution in [0.3, 0.4) is 0 Å². The molecule has 1 atom stereocenters. The molecule has 2 aromatic carbocycles. The summed E-state index contributed by atoms with van der Waals surface area (Å²) in [6, 6.07) is 10.4. The summed E-state index contributed by atoms with van der Waals surface area (Å²) in [5.41, 5.74) is -2.80. The van der Waals surface area contributed by atoms with Gasteiger partial charge in [0.2, 0.25) is 0 Å². The fraction of sp³-hybridized carbons (Fsp3) is 0.517. The highest BCUT2D eigenvalue weighted by atomic mass is 35.5. The lowest BCUT2D eigenvalue weighted by molar-refractivity contribution is -0.262. The lowest BCUT2D eigenvalue weighted by Crippen LogP contribution is -2.57. The number of carbonyl (C=O) groups is 2. The smallest absolute Gasteiger partial charge is 0.430 e. The van der Waals surface area contributed by atoms with E-state index in [4.69, 9.17) is 16.3 Å². The van der Waals surface area contributed by atoms with Crippen molar-refractivity contribution in [3.63, 3.8) is 0 Å². The van der Waals surface area contributed by atoms with Gasteiger partial charge in [-0.05, 0) is 49.1 Å². The minimum atomic E-state index is -5.20. The van der Waals surface area contributed by atoms with Crippen molar-refractivity contribution < 1.29 is 32.6 Å². The normalized spacial score (nSPS) is 18.6. The van der Waals surface area contributed by atoms with Gasteiger partial charge >= 0.3 is 6.18 Å². The molecule has 0 radical (unpaired) electrons. The molecular formula is C29H36ClF3N4O4. The fourth-order valence-corrected chi connectivity index (χ4v) is 5.73. The molecule has 2 saturated heterocycles. The minimum Gasteiger partial charge on any atom is -0.497 e. The van der Waals surface area contributed by atoms with E-state index in [0.717, 1.165) is 55.4 Å². The first-order valence-electron chi connectivity index (χ1n) is 13.6. The number of methoxy groups -OCH3 is 1. The second kappa shape index (κ2) is 12.5. The van der Waals surface area contributed by atoms with E-state index in [9.17, 15) is 27.9 Å². The molecule has 2 amide bonds. The maximum atomic E-state index is 14.1. The minimum absolute atomic E-state index is 0.122. The van der Waals surface area contributed by atoms with E-state index in [-0.39, 0.29) is 30.7 Å². The number of piperazine rings is 1. The van der Waals surface area contributed by atoms with Crippen LogP contribution in [0.15, 0.2) is 42.5 Å². The van der Waals surface area contributed by atoms with Gasteiger partial charge in [0.25, 0.3) is 17.4 Å². The highest BCUT2D eigenvalue weighted by Gasteiger charge is 2.62. The van der Waals surface area contributed by atoms with Crippen molar-refractivity contribution >= 4 is 29.1 Å². The number of hydrogen-bond donors (Lipinski definition) is 1. The molecule has 2 aliphatic rings. The zero-order valence-corrected chi connectivity index (χ0v) is 24.2. The molecule has 1 N–H and O–H groups in total. The lowest BCUT2D eigenvalue weighted by atomic mass is 9.89. The number of anilines is 1. The Bertz CT molecular complexity index is 1240. The average molecular weight is 597 g/mol. The van der Waals surface area contributed by atoms with Gasteiger partial charge < -0.3 is 24.5 Å². The van der Waals surface area contributed by atoms with Crippen LogP contribution in [0.4, 0.5) is 18.9 Å². The van der Waals surface area contributed by atoms with Gasteiger partial charge in [-0.1, -0.05) is 23.7 Å². The number of aliphatic hydroxyl groups is 1. The molecule has 0 saturated carbocycles. The van der Waals surface area contributed by atoms with Crippen LogP contribution in [0, 0.1) is 5.92 Å². The van der Waals surface area contributed by atoms with Gasteiger partial charge in [0.05, 0.1) is 17.7 Å². The summed E-state index contributed by atoms with van der Waals surface area (Å²) in [5, 5.41) is 11.2. The summed E-state index contributed by atoms with van der Waals surface area (Å²) in [5.74, 6) is -1.16. The third-order valence-electron chi connectivity index (χ3n) is 7.95. The monoisotopic (exact) mass is 596 g/mol. The first-order valence-corrected chi connectivity index (χ1v) is 13.9. The van der Waals surface area contributed by atoms with Crippen LogP contribution >= 0.6 is 11.6 Å². The van der Waals surface area contributed by atoms with Crippen molar-refractivity contribution in [2.75, 3.05) is 71.9 Å². The van der Waals surface area contributed by atoms with Crippen molar-refractivity contribution in [1.82, 2.24) is 14.7 Å². The predicted octanol–water partition coefficient (Wildman–Crippen LogP) is 3.86. The maximum absolute atomic E-state index is 14.1. The molecule has 0 bridgehead atoms. The average Bonchev–Trinajstić information content (AvgIpc) is 2.96. The zero-order valence-electron chi connectivity index (χ0n) is 23.5. The molecule has 0 aliphatic carbocycles. The predicted molar refractivity (Wildman–Crippen MR) is 150 cm³/mol. The van der Waals surface area contributed by atoms with Gasteiger partial charge in [0.15, 0.2) is 0 Å². The zero-order chi connectivity index (χ0) is 29.9. The second-order valence-electron chi connectivity index (χ2n) is 10.8. The number of alkyl halides is 3. The van der Waals surface area contributed by atoms with Crippen LogP contribution in [0.5, 0.6) is 5.75 Å². The molecule has 0 aromatic heterocycles. The molecule has 224 valence electrons. The number of piperidine rings is 1. The van der Waals surface area contributed by atoms with Crippen molar-refractivity contribution in [3.8, 4) is 5.75 Å². The summed E-state index contributed by atoms with van der Waals surface area (Å²) in [6.45, 7) is 4.22. The highest BCUT2D eigenvalue weighted by Crippen LogP contribution is 2.42. The van der Waals surface area contributed by atoms with Gasteiger partial charge in [0.1, 0.15) is 5.75 Å². The molecule has 2 aromatic rings. The third kappa shape index (κ3) is 6.57. The van der Waals surface area contributed by atoms with Gasteiger partial charge in [-0.25, -0.2) is 0 Å². The van der Waals surface area contributed by atoms with Crippen LogP contribution in [0.2, 0.25) is 5.02 Å². The Morgan fingerprint density at radius 1 is 1.02 bits per heavy atom. The molecule has 41 heavy (non-hydrogen) atoms. The van der Waals surface area contributed by atoms with E-state index in [0.29, 0.717) is 23.4 Å². The van der Waals surface area contributed by atoms with E-state index in [1.807, 2.05) is 12.1 Å². The topological polar surface area (TPSA) is 76.6 Å². The van der Waals surface area contributed by atoms with Gasteiger partial charge in [-0.2, -0.15) is 13.2 Å². The molecule has 8 nitrogen and oxygen atoms in total. The summed E-state index contributed by atoms with van der Waals surface area (Å²) in [6.07, 6.45) is -4.09. The molecule has 4 rings (SSSR count). The van der Waals surface area contributed by atoms with Crippen molar-refractivity contribution in [2.24, 2.45) is 5.92 Å². The van der Waals surface area contributed by atoms with Crippen molar-refractivity contribution in [1.29, 1.82) is 0 Å². The fourth-order valence-electron chi connectivity index (χ4n) is 5.47. The first kappa shape index (κ1) is 30.9. The van der Waals surface area contributed by atoms with Crippen LogP contribution in [0.1, 0.15) is 28.8 Å². The highest BCUT2D eigenvalue weighted by molar-refractivity contribution is 6.34. The molecule has 2 fully saturated rings. The molecular weight excluding hydrogens is 561 g/mol. The quantitative estimate of drug-likeness (QED) is 0.523. The Labute approximate surface area is 243 Å². The Hall–Kier alpha value is -3.02. The van der Waals surface area contributed by atoms with E-state index in [1.165, 1.54) is 24.1 Å². The second-order valence-corrected chi connectivity index (χ2v) is 11.2. The van der Waals surface area contributed by atoms with Crippen LogP contribution in [0.25, 0.3) is 0 Å².